The van der Waals surface area contributed by atoms with Crippen LogP contribution in [-0.4, -0.2) is 34.6 Å². The normalized spacial score (nSPS) is 13.7. The second-order valence-electron chi connectivity index (χ2n) is 5.47. The van der Waals surface area contributed by atoms with Crippen molar-refractivity contribution in [2.24, 2.45) is 4.36 Å². The summed E-state index contributed by atoms with van der Waals surface area (Å²) in [6, 6.07) is 19.9. The minimum absolute atomic E-state index is 0.523. The van der Waals surface area contributed by atoms with Crippen LogP contribution in [0, 0.1) is 0 Å². The molecule has 0 aliphatic carbocycles. The molecule has 4 heteroatoms. The van der Waals surface area contributed by atoms with Crippen LogP contribution in [-0.2, 0) is 16.1 Å². The van der Waals surface area contributed by atoms with Crippen molar-refractivity contribution in [3.05, 3.63) is 66.2 Å². The van der Waals surface area contributed by atoms with Gasteiger partial charge in [0.2, 0.25) is 0 Å². The predicted octanol–water partition coefficient (Wildman–Crippen LogP) is 4.06. The largest absolute Gasteiger partial charge is 0.284 e. The Kier molecular flexibility index (Phi) is 6.81. The van der Waals surface area contributed by atoms with Gasteiger partial charge in [0.15, 0.2) is 0 Å². The highest BCUT2D eigenvalue weighted by Gasteiger charge is 2.13. The number of rotatable bonds is 8. The van der Waals surface area contributed by atoms with E-state index in [1.165, 1.54) is 5.56 Å². The highest BCUT2D eigenvalue weighted by atomic mass is 32.2. The van der Waals surface area contributed by atoms with Crippen molar-refractivity contribution in [3.8, 4) is 0 Å². The molecule has 2 aromatic rings. The van der Waals surface area contributed by atoms with Gasteiger partial charge in [-0.05, 0) is 37.2 Å². The molecule has 1 unspecified atom stereocenters. The van der Waals surface area contributed by atoms with Gasteiger partial charge >= 0.3 is 0 Å². The highest BCUT2D eigenvalue weighted by Crippen LogP contribution is 2.16. The zero-order valence-electron chi connectivity index (χ0n) is 14.0. The lowest BCUT2D eigenvalue weighted by Gasteiger charge is -2.17. The van der Waals surface area contributed by atoms with Crippen LogP contribution in [0.25, 0.3) is 0 Å². The summed E-state index contributed by atoms with van der Waals surface area (Å²) in [4.78, 5) is 3.02. The minimum Gasteiger partial charge on any atom is -0.284 e. The van der Waals surface area contributed by atoms with Crippen molar-refractivity contribution in [2.75, 3.05) is 25.5 Å². The van der Waals surface area contributed by atoms with Crippen LogP contribution in [0.1, 0.15) is 19.4 Å². The number of aryl methyl sites for hydroxylation is 1. The van der Waals surface area contributed by atoms with E-state index >= 15 is 0 Å². The van der Waals surface area contributed by atoms with Gasteiger partial charge in [0, 0.05) is 10.6 Å². The molecule has 0 radical (unpaired) electrons. The molecule has 0 bridgehead atoms. The van der Waals surface area contributed by atoms with E-state index in [-0.39, 0.29) is 0 Å². The third kappa shape index (κ3) is 5.19. The molecule has 1 atom stereocenters. The predicted molar refractivity (Wildman–Crippen MR) is 98.1 cm³/mol. The van der Waals surface area contributed by atoms with E-state index in [9.17, 15) is 4.21 Å². The molecule has 0 aliphatic heterocycles. The van der Waals surface area contributed by atoms with Crippen molar-refractivity contribution in [2.45, 2.75) is 25.2 Å². The number of benzene rings is 2. The summed E-state index contributed by atoms with van der Waals surface area (Å²) in [7, 11) is -2.40. The fourth-order valence-corrected chi connectivity index (χ4v) is 4.35. The SMILES string of the molecule is CCN(CC)CN=S(=O)(CCc1ccccc1)c1ccccc1. The molecule has 23 heavy (non-hydrogen) atoms. The maximum atomic E-state index is 13.5. The molecule has 0 spiro atoms. The number of hydrogen-bond acceptors (Lipinski definition) is 3. The monoisotopic (exact) mass is 330 g/mol. The van der Waals surface area contributed by atoms with E-state index in [0.717, 1.165) is 24.4 Å². The fourth-order valence-electron chi connectivity index (χ4n) is 2.39. The summed E-state index contributed by atoms with van der Waals surface area (Å²) < 4.78 is 18.1. The Morgan fingerprint density at radius 2 is 1.48 bits per heavy atom. The van der Waals surface area contributed by atoms with Gasteiger partial charge in [0.25, 0.3) is 0 Å². The van der Waals surface area contributed by atoms with E-state index in [0.29, 0.717) is 12.4 Å². The average molecular weight is 330 g/mol. The van der Waals surface area contributed by atoms with Gasteiger partial charge in [-0.15, -0.1) is 0 Å². The van der Waals surface area contributed by atoms with Gasteiger partial charge in [-0.25, -0.2) is 8.57 Å². The van der Waals surface area contributed by atoms with E-state index in [1.54, 1.807) is 0 Å². The van der Waals surface area contributed by atoms with Crippen LogP contribution in [0.4, 0.5) is 0 Å². The first-order valence-electron chi connectivity index (χ1n) is 8.20. The lowest BCUT2D eigenvalue weighted by atomic mass is 10.2. The van der Waals surface area contributed by atoms with Crippen molar-refractivity contribution in [1.82, 2.24) is 4.90 Å². The molecule has 0 saturated heterocycles. The van der Waals surface area contributed by atoms with E-state index in [4.69, 9.17) is 0 Å². The van der Waals surface area contributed by atoms with Gasteiger partial charge in [0.05, 0.1) is 9.73 Å². The van der Waals surface area contributed by atoms with Crippen LogP contribution in [0.3, 0.4) is 0 Å². The molecule has 124 valence electrons. The Labute approximate surface area is 140 Å². The quantitative estimate of drug-likeness (QED) is 0.731. The lowest BCUT2D eigenvalue weighted by Crippen LogP contribution is -2.24. The van der Waals surface area contributed by atoms with Gasteiger partial charge in [-0.3, -0.25) is 4.90 Å². The highest BCUT2D eigenvalue weighted by molar-refractivity contribution is 7.93. The summed E-state index contributed by atoms with van der Waals surface area (Å²) in [6.45, 7) is 6.57. The van der Waals surface area contributed by atoms with Crippen LogP contribution < -0.4 is 0 Å². The second-order valence-corrected chi connectivity index (χ2v) is 7.89. The Bertz CT molecular complexity index is 688. The van der Waals surface area contributed by atoms with Gasteiger partial charge in [0.1, 0.15) is 6.67 Å². The first-order chi connectivity index (χ1) is 11.2. The molecule has 0 saturated carbocycles. The molecular formula is C19H26N2OS. The third-order valence-corrected chi connectivity index (χ3v) is 6.28. The van der Waals surface area contributed by atoms with Crippen LogP contribution in [0.15, 0.2) is 69.9 Å². The summed E-state index contributed by atoms with van der Waals surface area (Å²) in [5.41, 5.74) is 1.20. The lowest BCUT2D eigenvalue weighted by molar-refractivity contribution is 0.316. The van der Waals surface area contributed by atoms with Crippen molar-refractivity contribution >= 4 is 9.73 Å². The van der Waals surface area contributed by atoms with E-state index in [1.807, 2.05) is 48.5 Å². The van der Waals surface area contributed by atoms with Gasteiger partial charge in [-0.2, -0.15) is 0 Å². The Morgan fingerprint density at radius 3 is 2.04 bits per heavy atom. The maximum Gasteiger partial charge on any atom is 0.101 e. The number of nitrogens with zero attached hydrogens (tertiary/aromatic N) is 2. The fraction of sp³-hybridized carbons (Fsp3) is 0.368. The topological polar surface area (TPSA) is 32.7 Å². The molecular weight excluding hydrogens is 304 g/mol. The molecule has 2 rings (SSSR count). The molecule has 0 fully saturated rings. The Morgan fingerprint density at radius 1 is 0.913 bits per heavy atom. The van der Waals surface area contributed by atoms with Crippen LogP contribution >= 0.6 is 0 Å². The van der Waals surface area contributed by atoms with Crippen molar-refractivity contribution < 1.29 is 4.21 Å². The molecule has 0 amide bonds. The summed E-state index contributed by atoms with van der Waals surface area (Å²) in [5.74, 6) is 0.558. The zero-order valence-corrected chi connectivity index (χ0v) is 14.8. The standard InChI is InChI=1S/C19H26N2OS/c1-3-21(4-2)17-20-23(22,19-13-9-6-10-14-19)16-15-18-11-7-5-8-12-18/h5-14H,3-4,15-17H2,1-2H3. The minimum atomic E-state index is -2.40. The van der Waals surface area contributed by atoms with Gasteiger partial charge < -0.3 is 0 Å². The first kappa shape index (κ1) is 17.7. The molecule has 0 N–H and O–H groups in total. The molecule has 3 nitrogen and oxygen atoms in total. The Balaban J connectivity index is 2.24. The molecule has 0 aliphatic rings. The smallest absolute Gasteiger partial charge is 0.101 e. The van der Waals surface area contributed by atoms with Crippen molar-refractivity contribution in [3.63, 3.8) is 0 Å². The zero-order chi connectivity index (χ0) is 16.5. The summed E-state index contributed by atoms with van der Waals surface area (Å²) in [5, 5.41) is 0. The first-order valence-corrected chi connectivity index (χ1v) is 9.88. The second kappa shape index (κ2) is 8.85. The maximum absolute atomic E-state index is 13.5. The third-order valence-electron chi connectivity index (χ3n) is 3.98. The summed E-state index contributed by atoms with van der Waals surface area (Å²) >= 11 is 0. The van der Waals surface area contributed by atoms with Gasteiger partial charge in [-0.1, -0.05) is 62.4 Å². The number of hydrogen-bond donors (Lipinski definition) is 0. The molecule has 0 heterocycles. The Hall–Kier alpha value is -1.65. The molecule has 0 aromatic heterocycles. The van der Waals surface area contributed by atoms with E-state index in [2.05, 4.69) is 35.2 Å². The molecule has 2 aromatic carbocycles. The van der Waals surface area contributed by atoms with Crippen LogP contribution in [0.5, 0.6) is 0 Å². The average Bonchev–Trinajstić information content (AvgIpc) is 2.62. The van der Waals surface area contributed by atoms with Crippen LogP contribution in [0.2, 0.25) is 0 Å². The van der Waals surface area contributed by atoms with Crippen molar-refractivity contribution in [1.29, 1.82) is 0 Å². The summed E-state index contributed by atoms with van der Waals surface area (Å²) in [6.07, 6.45) is 0.774. The van der Waals surface area contributed by atoms with E-state index < -0.39 is 9.73 Å².